The fraction of sp³-hybridized carbons (Fsp3) is 0.312. The van der Waals surface area contributed by atoms with Crippen molar-refractivity contribution >= 4 is 35.1 Å². The molecule has 1 aliphatic rings. The van der Waals surface area contributed by atoms with Crippen molar-refractivity contribution in [2.75, 3.05) is 18.0 Å². The minimum Gasteiger partial charge on any atom is -0.481 e. The van der Waals surface area contributed by atoms with Gasteiger partial charge in [-0.15, -0.1) is 10.2 Å². The Labute approximate surface area is 143 Å². The molecule has 23 heavy (non-hydrogen) atoms. The van der Waals surface area contributed by atoms with E-state index < -0.39 is 5.97 Å². The highest BCUT2D eigenvalue weighted by Gasteiger charge is 2.25. The molecule has 1 aliphatic heterocycles. The Bertz CT molecular complexity index is 671. The smallest absolute Gasteiger partial charge is 0.306 e. The molecule has 0 unspecified atom stereocenters. The lowest BCUT2D eigenvalue weighted by Gasteiger charge is -2.30. The minimum absolute atomic E-state index is 0.237. The number of hydrogen-bond donors (Lipinski definition) is 1. The van der Waals surface area contributed by atoms with E-state index in [0.29, 0.717) is 31.0 Å². The first-order valence-corrected chi connectivity index (χ1v) is 8.56. The SMILES string of the molecule is O=C(O)C1CCN(c2ccc(Sc3ccc(Cl)cc3)nn2)CC1. The largest absolute Gasteiger partial charge is 0.481 e. The van der Waals surface area contributed by atoms with Crippen molar-refractivity contribution in [1.29, 1.82) is 0 Å². The Kier molecular flexibility index (Phi) is 5.03. The summed E-state index contributed by atoms with van der Waals surface area (Å²) in [5, 5.41) is 19.1. The number of aromatic nitrogens is 2. The molecular weight excluding hydrogens is 334 g/mol. The van der Waals surface area contributed by atoms with E-state index >= 15 is 0 Å². The summed E-state index contributed by atoms with van der Waals surface area (Å²) in [6, 6.07) is 11.5. The number of halogens is 1. The molecule has 1 N–H and O–H groups in total. The average Bonchev–Trinajstić information content (AvgIpc) is 2.58. The number of carboxylic acid groups (broad SMARTS) is 1. The van der Waals surface area contributed by atoms with Gasteiger partial charge in [0, 0.05) is 23.0 Å². The van der Waals surface area contributed by atoms with Crippen molar-refractivity contribution in [3.05, 3.63) is 41.4 Å². The van der Waals surface area contributed by atoms with Gasteiger partial charge in [0.15, 0.2) is 5.82 Å². The van der Waals surface area contributed by atoms with Crippen LogP contribution >= 0.6 is 23.4 Å². The molecule has 5 nitrogen and oxygen atoms in total. The molecule has 7 heteroatoms. The molecule has 2 heterocycles. The normalized spacial score (nSPS) is 15.6. The lowest BCUT2D eigenvalue weighted by atomic mass is 9.97. The van der Waals surface area contributed by atoms with E-state index in [4.69, 9.17) is 16.7 Å². The molecule has 1 aromatic heterocycles. The van der Waals surface area contributed by atoms with E-state index in [1.54, 1.807) is 0 Å². The van der Waals surface area contributed by atoms with Gasteiger partial charge < -0.3 is 10.0 Å². The lowest BCUT2D eigenvalue weighted by molar-refractivity contribution is -0.142. The second-order valence-corrected chi connectivity index (χ2v) is 6.92. The third-order valence-electron chi connectivity index (χ3n) is 3.83. The summed E-state index contributed by atoms with van der Waals surface area (Å²) in [5.41, 5.74) is 0. The summed E-state index contributed by atoms with van der Waals surface area (Å²) in [6.45, 7) is 1.41. The summed E-state index contributed by atoms with van der Waals surface area (Å²) in [6.07, 6.45) is 1.30. The first-order valence-electron chi connectivity index (χ1n) is 7.37. The predicted molar refractivity (Wildman–Crippen MR) is 90.2 cm³/mol. The molecule has 2 aromatic rings. The zero-order valence-corrected chi connectivity index (χ0v) is 13.9. The van der Waals surface area contributed by atoms with E-state index in [1.807, 2.05) is 36.4 Å². The maximum atomic E-state index is 11.0. The Hall–Kier alpha value is -1.79. The molecule has 1 aromatic carbocycles. The molecule has 0 aliphatic carbocycles. The van der Waals surface area contributed by atoms with E-state index in [2.05, 4.69) is 15.1 Å². The van der Waals surface area contributed by atoms with Crippen LogP contribution in [0, 0.1) is 5.92 Å². The van der Waals surface area contributed by atoms with Gasteiger partial charge in [-0.25, -0.2) is 0 Å². The van der Waals surface area contributed by atoms with Crippen LogP contribution in [-0.4, -0.2) is 34.4 Å². The average molecular weight is 350 g/mol. The van der Waals surface area contributed by atoms with E-state index in [9.17, 15) is 4.79 Å². The summed E-state index contributed by atoms with van der Waals surface area (Å²) in [7, 11) is 0. The molecule has 0 saturated carbocycles. The number of anilines is 1. The number of aliphatic carboxylic acids is 1. The van der Waals surface area contributed by atoms with Crippen LogP contribution in [0.5, 0.6) is 0 Å². The third kappa shape index (κ3) is 4.14. The van der Waals surface area contributed by atoms with Gasteiger partial charge in [0.25, 0.3) is 0 Å². The molecule has 120 valence electrons. The molecule has 3 rings (SSSR count). The molecule has 1 fully saturated rings. The molecule has 0 amide bonds. The van der Waals surface area contributed by atoms with Crippen LogP contribution < -0.4 is 4.90 Å². The molecular formula is C16H16ClN3O2S. The second-order valence-electron chi connectivity index (χ2n) is 5.39. The second kappa shape index (κ2) is 7.19. The summed E-state index contributed by atoms with van der Waals surface area (Å²) in [4.78, 5) is 14.1. The van der Waals surface area contributed by atoms with Crippen molar-refractivity contribution in [1.82, 2.24) is 10.2 Å². The number of hydrogen-bond acceptors (Lipinski definition) is 5. The van der Waals surface area contributed by atoms with Crippen LogP contribution in [0.2, 0.25) is 5.02 Å². The Morgan fingerprint density at radius 1 is 1.13 bits per heavy atom. The molecule has 0 bridgehead atoms. The van der Waals surface area contributed by atoms with Crippen LogP contribution in [0.25, 0.3) is 0 Å². The Balaban J connectivity index is 1.61. The summed E-state index contributed by atoms with van der Waals surface area (Å²) in [5.74, 6) is -0.140. The van der Waals surface area contributed by atoms with Gasteiger partial charge in [0.2, 0.25) is 0 Å². The number of carboxylic acids is 1. The van der Waals surface area contributed by atoms with Gasteiger partial charge in [-0.1, -0.05) is 23.4 Å². The minimum atomic E-state index is -0.703. The first kappa shape index (κ1) is 16.1. The van der Waals surface area contributed by atoms with Gasteiger partial charge in [0.1, 0.15) is 5.03 Å². The number of nitrogens with zero attached hydrogens (tertiary/aromatic N) is 3. The van der Waals surface area contributed by atoms with Crippen LogP contribution in [0.15, 0.2) is 46.3 Å². The highest BCUT2D eigenvalue weighted by atomic mass is 35.5. The van der Waals surface area contributed by atoms with Crippen molar-refractivity contribution in [2.45, 2.75) is 22.8 Å². The Morgan fingerprint density at radius 3 is 2.39 bits per heavy atom. The van der Waals surface area contributed by atoms with Crippen molar-refractivity contribution in [2.24, 2.45) is 5.92 Å². The first-order chi connectivity index (χ1) is 11.1. The summed E-state index contributed by atoms with van der Waals surface area (Å²) < 4.78 is 0. The van der Waals surface area contributed by atoms with Crippen LogP contribution in [-0.2, 0) is 4.79 Å². The number of carbonyl (C=O) groups is 1. The quantitative estimate of drug-likeness (QED) is 0.910. The van der Waals surface area contributed by atoms with Gasteiger partial charge in [0.05, 0.1) is 5.92 Å². The highest BCUT2D eigenvalue weighted by Crippen LogP contribution is 2.28. The number of benzene rings is 1. The highest BCUT2D eigenvalue weighted by molar-refractivity contribution is 7.99. The fourth-order valence-corrected chi connectivity index (χ4v) is 3.37. The predicted octanol–water partition coefficient (Wildman–Crippen LogP) is 3.58. The van der Waals surface area contributed by atoms with Crippen molar-refractivity contribution in [3.63, 3.8) is 0 Å². The molecule has 0 atom stereocenters. The standard InChI is InChI=1S/C16H16ClN3O2S/c17-12-1-3-13(4-2-12)23-15-6-5-14(18-19-15)20-9-7-11(8-10-20)16(21)22/h1-6,11H,7-10H2,(H,21,22). The fourth-order valence-electron chi connectivity index (χ4n) is 2.52. The van der Waals surface area contributed by atoms with Crippen molar-refractivity contribution < 1.29 is 9.90 Å². The number of piperidine rings is 1. The van der Waals surface area contributed by atoms with Crippen LogP contribution in [0.4, 0.5) is 5.82 Å². The topological polar surface area (TPSA) is 66.3 Å². The van der Waals surface area contributed by atoms with Crippen LogP contribution in [0.3, 0.4) is 0 Å². The van der Waals surface area contributed by atoms with E-state index in [-0.39, 0.29) is 5.92 Å². The molecule has 1 saturated heterocycles. The van der Waals surface area contributed by atoms with Gasteiger partial charge in [-0.2, -0.15) is 0 Å². The van der Waals surface area contributed by atoms with Gasteiger partial charge >= 0.3 is 5.97 Å². The van der Waals surface area contributed by atoms with Gasteiger partial charge in [-0.05, 0) is 49.2 Å². The maximum Gasteiger partial charge on any atom is 0.306 e. The van der Waals surface area contributed by atoms with E-state index in [1.165, 1.54) is 11.8 Å². The van der Waals surface area contributed by atoms with Crippen molar-refractivity contribution in [3.8, 4) is 0 Å². The monoisotopic (exact) mass is 349 g/mol. The summed E-state index contributed by atoms with van der Waals surface area (Å²) >= 11 is 7.40. The third-order valence-corrected chi connectivity index (χ3v) is 5.02. The zero-order chi connectivity index (χ0) is 16.2. The van der Waals surface area contributed by atoms with Gasteiger partial charge in [-0.3, -0.25) is 4.79 Å². The molecule has 0 radical (unpaired) electrons. The molecule has 0 spiro atoms. The maximum absolute atomic E-state index is 11.0. The lowest BCUT2D eigenvalue weighted by Crippen LogP contribution is -2.36. The number of rotatable bonds is 4. The van der Waals surface area contributed by atoms with Crippen LogP contribution in [0.1, 0.15) is 12.8 Å². The Morgan fingerprint density at radius 2 is 1.83 bits per heavy atom. The zero-order valence-electron chi connectivity index (χ0n) is 12.4. The van der Waals surface area contributed by atoms with E-state index in [0.717, 1.165) is 15.7 Å².